The molecule has 5 rings (SSSR count). The lowest BCUT2D eigenvalue weighted by Crippen LogP contribution is -2.48. The van der Waals surface area contributed by atoms with Gasteiger partial charge in [-0.1, -0.05) is 24.3 Å². The van der Waals surface area contributed by atoms with E-state index < -0.39 is 47.3 Å². The number of carbonyl (C=O) groups excluding carboxylic acids is 3. The number of esters is 1. The highest BCUT2D eigenvalue weighted by molar-refractivity contribution is 5.96. The van der Waals surface area contributed by atoms with Crippen LogP contribution < -0.4 is 10.1 Å². The molecule has 2 aromatic rings. The van der Waals surface area contributed by atoms with E-state index in [0.29, 0.717) is 43.0 Å². The fourth-order valence-corrected chi connectivity index (χ4v) is 6.42. The van der Waals surface area contributed by atoms with E-state index in [2.05, 4.69) is 16.3 Å². The Morgan fingerprint density at radius 1 is 1.10 bits per heavy atom. The average Bonchev–Trinajstić information content (AvgIpc) is 3.62. The first-order valence-corrected chi connectivity index (χ1v) is 13.8. The second kappa shape index (κ2) is 11.9. The van der Waals surface area contributed by atoms with E-state index in [0.717, 1.165) is 37.6 Å². The molecule has 0 spiro atoms. The smallest absolute Gasteiger partial charge is 0.419 e. The Kier molecular flexibility index (Phi) is 8.31. The van der Waals surface area contributed by atoms with Crippen molar-refractivity contribution in [1.29, 1.82) is 5.26 Å². The highest BCUT2D eigenvalue weighted by Crippen LogP contribution is 2.44. The van der Waals surface area contributed by atoms with Crippen molar-refractivity contribution >= 4 is 18.1 Å². The summed E-state index contributed by atoms with van der Waals surface area (Å²) >= 11 is 0. The van der Waals surface area contributed by atoms with E-state index >= 15 is 0 Å². The maximum Gasteiger partial charge on any atom is 0.419 e. The minimum atomic E-state index is -1.54. The maximum absolute atomic E-state index is 14.1. The van der Waals surface area contributed by atoms with Crippen LogP contribution in [0.25, 0.3) is 0 Å². The van der Waals surface area contributed by atoms with E-state index in [-0.39, 0.29) is 17.6 Å². The zero-order valence-corrected chi connectivity index (χ0v) is 23.3. The molecule has 3 aliphatic rings. The lowest BCUT2D eigenvalue weighted by molar-refractivity contribution is -0.150. The molecule has 1 N–H and O–H groups in total. The van der Waals surface area contributed by atoms with Gasteiger partial charge in [0.15, 0.2) is 11.6 Å². The number of cyclic esters (lactones) is 1. The summed E-state index contributed by atoms with van der Waals surface area (Å²) in [6, 6.07) is 10.8. The molecule has 2 heterocycles. The predicted octanol–water partition coefficient (Wildman–Crippen LogP) is 4.20. The summed E-state index contributed by atoms with van der Waals surface area (Å²) in [6.07, 6.45) is 0.928. The topological polar surface area (TPSA) is 121 Å². The number of benzene rings is 2. The quantitative estimate of drug-likeness (QED) is 0.504. The van der Waals surface area contributed by atoms with Crippen molar-refractivity contribution in [3.05, 3.63) is 65.2 Å². The molecule has 0 bridgehead atoms. The fourth-order valence-electron chi connectivity index (χ4n) is 6.42. The number of hydrogen-bond donors (Lipinski definition) is 1. The van der Waals surface area contributed by atoms with E-state index in [9.17, 15) is 28.4 Å². The monoisotopic (exact) mass is 582 g/mol. The van der Waals surface area contributed by atoms with Gasteiger partial charge in [0.1, 0.15) is 11.8 Å². The molecular formula is C30H32F2N4O6. The van der Waals surface area contributed by atoms with Gasteiger partial charge in [-0.25, -0.2) is 28.1 Å². The molecule has 3 atom stereocenters. The van der Waals surface area contributed by atoms with Crippen LogP contribution in [0.15, 0.2) is 42.5 Å². The number of ether oxygens (including phenoxy) is 3. The van der Waals surface area contributed by atoms with Crippen LogP contribution in [-0.4, -0.2) is 73.4 Å². The summed E-state index contributed by atoms with van der Waals surface area (Å²) in [7, 11) is 2.70. The Labute approximate surface area is 242 Å². The first kappa shape index (κ1) is 29.3. The number of halogens is 2. The van der Waals surface area contributed by atoms with Gasteiger partial charge in [-0.3, -0.25) is 4.90 Å². The van der Waals surface area contributed by atoms with Gasteiger partial charge in [0.2, 0.25) is 6.10 Å². The third-order valence-corrected chi connectivity index (χ3v) is 8.64. The molecule has 1 aliphatic carbocycles. The Bertz CT molecular complexity index is 1410. The van der Waals surface area contributed by atoms with Crippen LogP contribution in [0.5, 0.6) is 5.75 Å². The highest BCUT2D eigenvalue weighted by Gasteiger charge is 2.51. The number of likely N-dealkylation sites (tertiary alicyclic amines) is 1. The fraction of sp³-hybridized carbons (Fsp3) is 0.467. The minimum absolute atomic E-state index is 0.0107. The molecule has 2 saturated heterocycles. The van der Waals surface area contributed by atoms with Crippen LogP contribution >= 0.6 is 0 Å². The number of hydrogen-bond acceptors (Lipinski definition) is 8. The number of rotatable bonds is 6. The lowest BCUT2D eigenvalue weighted by Gasteiger charge is -2.39. The van der Waals surface area contributed by atoms with Gasteiger partial charge in [-0.05, 0) is 55.9 Å². The van der Waals surface area contributed by atoms with E-state index in [4.69, 9.17) is 14.2 Å². The minimum Gasteiger partial charge on any atom is -0.496 e. The van der Waals surface area contributed by atoms with Gasteiger partial charge in [-0.15, -0.1) is 0 Å². The first-order valence-electron chi connectivity index (χ1n) is 13.8. The Balaban J connectivity index is 1.25. The Morgan fingerprint density at radius 3 is 2.50 bits per heavy atom. The molecule has 2 aromatic carbocycles. The van der Waals surface area contributed by atoms with Gasteiger partial charge >= 0.3 is 18.1 Å². The number of urea groups is 1. The van der Waals surface area contributed by atoms with Crippen molar-refractivity contribution in [2.24, 2.45) is 0 Å². The zero-order valence-electron chi connectivity index (χ0n) is 23.3. The van der Waals surface area contributed by atoms with Gasteiger partial charge in [0, 0.05) is 30.7 Å². The van der Waals surface area contributed by atoms with Crippen molar-refractivity contribution in [2.75, 3.05) is 27.3 Å². The van der Waals surface area contributed by atoms with Gasteiger partial charge in [0.25, 0.3) is 0 Å². The SMILES string of the molecule is COC(=O)C1OC(=O)N(C(=O)NC2CCN(C3CCC(C#N)(c4ccccc4OC)CC3)C2)C1c1ccc(F)c(F)c1. The van der Waals surface area contributed by atoms with Crippen molar-refractivity contribution in [3.8, 4) is 11.8 Å². The summed E-state index contributed by atoms with van der Waals surface area (Å²) in [5, 5.41) is 13.0. The largest absolute Gasteiger partial charge is 0.496 e. The van der Waals surface area contributed by atoms with E-state index in [1.807, 2.05) is 24.3 Å². The number of carbonyl (C=O) groups is 3. The van der Waals surface area contributed by atoms with Crippen LogP contribution in [0.2, 0.25) is 0 Å². The molecule has 0 aromatic heterocycles. The summed E-state index contributed by atoms with van der Waals surface area (Å²) in [4.78, 5) is 41.5. The van der Waals surface area contributed by atoms with Gasteiger partial charge < -0.3 is 19.5 Å². The van der Waals surface area contributed by atoms with Crippen molar-refractivity contribution in [1.82, 2.24) is 15.1 Å². The summed E-state index contributed by atoms with van der Waals surface area (Å²) in [5.74, 6) is -2.53. The first-order chi connectivity index (χ1) is 20.2. The maximum atomic E-state index is 14.1. The molecule has 3 fully saturated rings. The molecule has 222 valence electrons. The average molecular weight is 583 g/mol. The van der Waals surface area contributed by atoms with E-state index in [1.54, 1.807) is 7.11 Å². The predicted molar refractivity (Wildman–Crippen MR) is 144 cm³/mol. The Hall–Kier alpha value is -4.24. The number of nitrogens with zero attached hydrogens (tertiary/aromatic N) is 3. The van der Waals surface area contributed by atoms with Crippen LogP contribution in [0.3, 0.4) is 0 Å². The number of imide groups is 1. The second-order valence-corrected chi connectivity index (χ2v) is 10.9. The molecule has 2 aliphatic heterocycles. The number of methoxy groups -OCH3 is 2. The summed E-state index contributed by atoms with van der Waals surface area (Å²) < 4.78 is 43.0. The lowest BCUT2D eigenvalue weighted by atomic mass is 9.68. The number of amides is 3. The number of para-hydroxylation sites is 1. The Morgan fingerprint density at radius 2 is 1.83 bits per heavy atom. The van der Waals surface area contributed by atoms with Crippen molar-refractivity contribution in [2.45, 2.75) is 61.7 Å². The van der Waals surface area contributed by atoms with Crippen LogP contribution in [0, 0.1) is 23.0 Å². The number of nitriles is 1. The molecular weight excluding hydrogens is 550 g/mol. The summed E-state index contributed by atoms with van der Waals surface area (Å²) in [5.41, 5.74) is 0.285. The van der Waals surface area contributed by atoms with Crippen molar-refractivity contribution in [3.63, 3.8) is 0 Å². The molecule has 1 saturated carbocycles. The number of nitrogens with one attached hydrogen (secondary N) is 1. The standard InChI is InChI=1S/C30H32F2N4O6/c1-40-24-6-4-3-5-21(24)30(17-33)12-9-20(10-13-30)35-14-11-19(16-35)34-28(38)36-25(18-7-8-22(31)23(32)15-18)26(27(37)41-2)42-29(36)39/h3-8,15,19-20,25-26H,9-14,16H2,1-2H3,(H,34,38). The second-order valence-electron chi connectivity index (χ2n) is 10.9. The van der Waals surface area contributed by atoms with Crippen LogP contribution in [0.4, 0.5) is 18.4 Å². The molecule has 12 heteroatoms. The zero-order chi connectivity index (χ0) is 30.0. The molecule has 3 unspecified atom stereocenters. The van der Waals surface area contributed by atoms with E-state index in [1.165, 1.54) is 6.07 Å². The van der Waals surface area contributed by atoms with Gasteiger partial charge in [0.05, 0.1) is 25.7 Å². The van der Waals surface area contributed by atoms with Gasteiger partial charge in [-0.2, -0.15) is 5.26 Å². The molecule has 0 radical (unpaired) electrons. The van der Waals surface area contributed by atoms with Crippen LogP contribution in [0.1, 0.15) is 49.3 Å². The molecule has 42 heavy (non-hydrogen) atoms. The molecule has 10 nitrogen and oxygen atoms in total. The third-order valence-electron chi connectivity index (χ3n) is 8.64. The third kappa shape index (κ3) is 5.36. The van der Waals surface area contributed by atoms with Crippen LogP contribution in [-0.2, 0) is 19.7 Å². The highest BCUT2D eigenvalue weighted by atomic mass is 19.2. The van der Waals surface area contributed by atoms with Crippen molar-refractivity contribution < 1.29 is 37.4 Å². The summed E-state index contributed by atoms with van der Waals surface area (Å²) in [6.45, 7) is 1.25. The normalized spacial score (nSPS) is 27.7. The molecule has 3 amide bonds.